The first-order chi connectivity index (χ1) is 6.54. The lowest BCUT2D eigenvalue weighted by atomic mass is 10.3. The molecule has 0 aliphatic carbocycles. The molecule has 0 bridgehead atoms. The van der Waals surface area contributed by atoms with Crippen LogP contribution in [-0.4, -0.2) is 13.0 Å². The molecule has 0 aliphatic rings. The SMILES string of the molecule is CN=C(N)Nc1c(F)cc(Br)cc1F. The maximum absolute atomic E-state index is 13.2. The standard InChI is InChI=1S/C8H8BrF2N3/c1-13-8(12)14-7-5(10)2-4(9)3-6(7)11/h2-3H,1H3,(H3,12,13,14). The second-order valence-electron chi connectivity index (χ2n) is 2.48. The summed E-state index contributed by atoms with van der Waals surface area (Å²) in [5.41, 5.74) is 4.97. The molecule has 6 heteroatoms. The average molecular weight is 264 g/mol. The molecule has 1 rings (SSSR count). The number of guanidine groups is 1. The van der Waals surface area contributed by atoms with E-state index in [1.807, 2.05) is 0 Å². The van der Waals surface area contributed by atoms with Crippen LogP contribution >= 0.6 is 15.9 Å². The molecule has 0 aromatic heterocycles. The number of rotatable bonds is 1. The fourth-order valence-corrected chi connectivity index (χ4v) is 1.25. The number of nitrogens with zero attached hydrogens (tertiary/aromatic N) is 1. The van der Waals surface area contributed by atoms with E-state index < -0.39 is 11.6 Å². The largest absolute Gasteiger partial charge is 0.370 e. The topological polar surface area (TPSA) is 50.4 Å². The zero-order valence-corrected chi connectivity index (χ0v) is 8.90. The smallest absolute Gasteiger partial charge is 0.192 e. The molecule has 1 aromatic rings. The number of hydrogen-bond acceptors (Lipinski definition) is 1. The van der Waals surface area contributed by atoms with Gasteiger partial charge in [-0.1, -0.05) is 15.9 Å². The van der Waals surface area contributed by atoms with Crippen LogP contribution in [0.5, 0.6) is 0 Å². The molecule has 76 valence electrons. The summed E-state index contributed by atoms with van der Waals surface area (Å²) < 4.78 is 26.7. The molecular weight excluding hydrogens is 256 g/mol. The lowest BCUT2D eigenvalue weighted by molar-refractivity contribution is 0.589. The third-order valence-electron chi connectivity index (χ3n) is 1.50. The Bertz CT molecular complexity index is 356. The van der Waals surface area contributed by atoms with Gasteiger partial charge in [-0.25, -0.2) is 8.78 Å². The number of hydrogen-bond donors (Lipinski definition) is 2. The normalized spacial score (nSPS) is 11.6. The van der Waals surface area contributed by atoms with E-state index in [-0.39, 0.29) is 11.6 Å². The van der Waals surface area contributed by atoms with E-state index in [4.69, 9.17) is 5.73 Å². The molecular formula is C8H8BrF2N3. The van der Waals surface area contributed by atoms with Crippen LogP contribution in [-0.2, 0) is 0 Å². The van der Waals surface area contributed by atoms with Crippen molar-refractivity contribution in [1.82, 2.24) is 0 Å². The van der Waals surface area contributed by atoms with Crippen molar-refractivity contribution in [2.24, 2.45) is 10.7 Å². The molecule has 14 heavy (non-hydrogen) atoms. The van der Waals surface area contributed by atoms with Crippen LogP contribution in [0, 0.1) is 11.6 Å². The minimum atomic E-state index is -0.733. The van der Waals surface area contributed by atoms with Gasteiger partial charge in [0.05, 0.1) is 0 Å². The number of nitrogens with one attached hydrogen (secondary N) is 1. The molecule has 0 radical (unpaired) electrons. The molecule has 0 unspecified atom stereocenters. The van der Waals surface area contributed by atoms with E-state index in [1.165, 1.54) is 7.05 Å². The maximum atomic E-state index is 13.2. The predicted molar refractivity (Wildman–Crippen MR) is 55.2 cm³/mol. The molecule has 0 amide bonds. The van der Waals surface area contributed by atoms with Gasteiger partial charge in [-0.05, 0) is 12.1 Å². The minimum Gasteiger partial charge on any atom is -0.370 e. The number of aliphatic imine (C=N–C) groups is 1. The second kappa shape index (κ2) is 4.36. The van der Waals surface area contributed by atoms with E-state index >= 15 is 0 Å². The monoisotopic (exact) mass is 263 g/mol. The van der Waals surface area contributed by atoms with Crippen LogP contribution in [0.2, 0.25) is 0 Å². The molecule has 0 heterocycles. The highest BCUT2D eigenvalue weighted by Gasteiger charge is 2.10. The predicted octanol–water partition coefficient (Wildman–Crippen LogP) is 2.08. The zero-order chi connectivity index (χ0) is 10.7. The fraction of sp³-hybridized carbons (Fsp3) is 0.125. The Morgan fingerprint density at radius 1 is 1.43 bits per heavy atom. The van der Waals surface area contributed by atoms with Crippen LogP contribution in [0.1, 0.15) is 0 Å². The van der Waals surface area contributed by atoms with Crippen LogP contribution in [0.3, 0.4) is 0 Å². The highest BCUT2D eigenvalue weighted by Crippen LogP contribution is 2.23. The Balaban J connectivity index is 3.09. The van der Waals surface area contributed by atoms with Crippen LogP contribution in [0.25, 0.3) is 0 Å². The van der Waals surface area contributed by atoms with Crippen molar-refractivity contribution in [2.75, 3.05) is 12.4 Å². The number of benzene rings is 1. The summed E-state index contributed by atoms with van der Waals surface area (Å²) in [6.07, 6.45) is 0. The summed E-state index contributed by atoms with van der Waals surface area (Å²) in [5, 5.41) is 2.31. The van der Waals surface area contributed by atoms with Crippen molar-refractivity contribution < 1.29 is 8.78 Å². The van der Waals surface area contributed by atoms with Crippen LogP contribution in [0.4, 0.5) is 14.5 Å². The van der Waals surface area contributed by atoms with Crippen LogP contribution in [0.15, 0.2) is 21.6 Å². The van der Waals surface area contributed by atoms with Crippen molar-refractivity contribution in [3.8, 4) is 0 Å². The highest BCUT2D eigenvalue weighted by atomic mass is 79.9. The first-order valence-electron chi connectivity index (χ1n) is 3.68. The fourth-order valence-electron chi connectivity index (χ4n) is 0.846. The van der Waals surface area contributed by atoms with Crippen molar-refractivity contribution in [3.05, 3.63) is 28.2 Å². The second-order valence-corrected chi connectivity index (χ2v) is 3.39. The number of anilines is 1. The summed E-state index contributed by atoms with van der Waals surface area (Å²) in [4.78, 5) is 3.53. The molecule has 1 aromatic carbocycles. The van der Waals surface area contributed by atoms with E-state index in [2.05, 4.69) is 26.2 Å². The molecule has 0 saturated carbocycles. The van der Waals surface area contributed by atoms with Gasteiger partial charge < -0.3 is 11.1 Å². The highest BCUT2D eigenvalue weighted by molar-refractivity contribution is 9.10. The van der Waals surface area contributed by atoms with Gasteiger partial charge in [0, 0.05) is 11.5 Å². The molecule has 0 atom stereocenters. The Morgan fingerprint density at radius 2 is 1.93 bits per heavy atom. The molecule has 0 aliphatic heterocycles. The van der Waals surface area contributed by atoms with Gasteiger partial charge in [-0.15, -0.1) is 0 Å². The summed E-state index contributed by atoms with van der Waals surface area (Å²) in [7, 11) is 1.41. The van der Waals surface area contributed by atoms with Gasteiger partial charge >= 0.3 is 0 Å². The summed E-state index contributed by atoms with van der Waals surface area (Å²) in [6.45, 7) is 0. The molecule has 0 saturated heterocycles. The van der Waals surface area contributed by atoms with Crippen LogP contribution < -0.4 is 11.1 Å². The Labute approximate surface area is 88.1 Å². The first kappa shape index (κ1) is 10.9. The van der Waals surface area contributed by atoms with E-state index in [0.717, 1.165) is 12.1 Å². The molecule has 0 fully saturated rings. The lowest BCUT2D eigenvalue weighted by Gasteiger charge is -2.07. The van der Waals surface area contributed by atoms with Gasteiger partial charge in [-0.3, -0.25) is 4.99 Å². The van der Waals surface area contributed by atoms with Gasteiger partial charge in [0.1, 0.15) is 5.69 Å². The lowest BCUT2D eigenvalue weighted by Crippen LogP contribution is -2.23. The molecule has 0 spiro atoms. The average Bonchev–Trinajstić information content (AvgIpc) is 2.10. The molecule has 3 nitrogen and oxygen atoms in total. The van der Waals surface area contributed by atoms with Gasteiger partial charge in [0.25, 0.3) is 0 Å². The molecule has 3 N–H and O–H groups in total. The van der Waals surface area contributed by atoms with Gasteiger partial charge in [0.15, 0.2) is 17.6 Å². The third kappa shape index (κ3) is 2.41. The summed E-state index contributed by atoms with van der Waals surface area (Å²) in [6, 6.07) is 2.27. The van der Waals surface area contributed by atoms with Crippen molar-refractivity contribution in [3.63, 3.8) is 0 Å². The van der Waals surface area contributed by atoms with E-state index in [1.54, 1.807) is 0 Å². The Kier molecular flexibility index (Phi) is 3.40. The van der Waals surface area contributed by atoms with Gasteiger partial charge in [-0.2, -0.15) is 0 Å². The van der Waals surface area contributed by atoms with Crippen molar-refractivity contribution in [2.45, 2.75) is 0 Å². The maximum Gasteiger partial charge on any atom is 0.192 e. The van der Waals surface area contributed by atoms with Crippen molar-refractivity contribution >= 4 is 27.6 Å². The summed E-state index contributed by atoms with van der Waals surface area (Å²) in [5.74, 6) is -1.52. The van der Waals surface area contributed by atoms with E-state index in [9.17, 15) is 8.78 Å². The number of halogens is 3. The summed E-state index contributed by atoms with van der Waals surface area (Å²) >= 11 is 2.96. The van der Waals surface area contributed by atoms with Crippen molar-refractivity contribution in [1.29, 1.82) is 0 Å². The quantitative estimate of drug-likeness (QED) is 0.602. The first-order valence-corrected chi connectivity index (χ1v) is 4.47. The minimum absolute atomic E-state index is 0.0508. The zero-order valence-electron chi connectivity index (χ0n) is 7.31. The third-order valence-corrected chi connectivity index (χ3v) is 1.96. The number of nitrogens with two attached hydrogens (primary N) is 1. The Hall–Kier alpha value is -1.17. The van der Waals surface area contributed by atoms with E-state index in [0.29, 0.717) is 4.47 Å². The van der Waals surface area contributed by atoms with Gasteiger partial charge in [0.2, 0.25) is 0 Å². The Morgan fingerprint density at radius 3 is 2.36 bits per heavy atom.